The Balaban J connectivity index is 2.79. The summed E-state index contributed by atoms with van der Waals surface area (Å²) in [5, 5.41) is 18.0. The molecule has 0 bridgehead atoms. The highest BCUT2D eigenvalue weighted by atomic mass is 16.4. The molecule has 12 heavy (non-hydrogen) atoms. The molecule has 0 saturated heterocycles. The van der Waals surface area contributed by atoms with E-state index in [-0.39, 0.29) is 5.57 Å². The number of aliphatic hydroxyl groups excluding tert-OH is 1. The molecule has 0 radical (unpaired) electrons. The zero-order valence-electron chi connectivity index (χ0n) is 6.79. The molecule has 0 aromatic rings. The molecule has 2 N–H and O–H groups in total. The van der Waals surface area contributed by atoms with Gasteiger partial charge in [0.15, 0.2) is 0 Å². The Kier molecular flexibility index (Phi) is 2.65. The first-order valence-corrected chi connectivity index (χ1v) is 3.93. The fraction of sp³-hybridized carbons (Fsp3) is 0.444. The van der Waals surface area contributed by atoms with Crippen molar-refractivity contribution in [1.29, 1.82) is 0 Å². The Hall–Kier alpha value is -1.09. The van der Waals surface area contributed by atoms with E-state index in [1.807, 2.05) is 0 Å². The van der Waals surface area contributed by atoms with E-state index < -0.39 is 12.1 Å². The minimum Gasteiger partial charge on any atom is -0.478 e. The second-order valence-corrected chi connectivity index (χ2v) is 2.89. The van der Waals surface area contributed by atoms with Crippen LogP contribution in [0.5, 0.6) is 0 Å². The third-order valence-corrected chi connectivity index (χ3v) is 2.01. The molecule has 0 aromatic carbocycles. The van der Waals surface area contributed by atoms with Crippen molar-refractivity contribution in [2.75, 3.05) is 0 Å². The second kappa shape index (κ2) is 3.54. The lowest BCUT2D eigenvalue weighted by molar-refractivity contribution is -0.132. The minimum absolute atomic E-state index is 0.0159. The molecule has 66 valence electrons. The quantitative estimate of drug-likeness (QED) is 0.607. The van der Waals surface area contributed by atoms with Gasteiger partial charge in [-0.25, -0.2) is 4.79 Å². The number of aliphatic carboxylic acids is 1. The zero-order chi connectivity index (χ0) is 9.14. The van der Waals surface area contributed by atoms with Gasteiger partial charge in [0.2, 0.25) is 0 Å². The van der Waals surface area contributed by atoms with Crippen LogP contribution in [-0.4, -0.2) is 22.3 Å². The highest BCUT2D eigenvalue weighted by Gasteiger charge is 2.20. The molecule has 1 rings (SSSR count). The molecule has 1 aliphatic carbocycles. The third kappa shape index (κ3) is 1.74. The standard InChI is InChI=1S/C9H12O3/c1-6(9(11)12)7-4-2-3-5-8(7)10/h4,8,10H,1-3,5H2,(H,11,12). The van der Waals surface area contributed by atoms with Gasteiger partial charge in [0.1, 0.15) is 0 Å². The maximum atomic E-state index is 10.5. The number of rotatable bonds is 2. The van der Waals surface area contributed by atoms with Gasteiger partial charge >= 0.3 is 5.97 Å². The van der Waals surface area contributed by atoms with Crippen LogP contribution in [0.4, 0.5) is 0 Å². The second-order valence-electron chi connectivity index (χ2n) is 2.89. The first-order valence-electron chi connectivity index (χ1n) is 3.93. The molecule has 0 amide bonds. The Morgan fingerprint density at radius 3 is 2.83 bits per heavy atom. The lowest BCUT2D eigenvalue weighted by Crippen LogP contribution is -2.18. The van der Waals surface area contributed by atoms with Crippen LogP contribution in [0.25, 0.3) is 0 Å². The maximum Gasteiger partial charge on any atom is 0.335 e. The first-order chi connectivity index (χ1) is 5.63. The molecule has 1 unspecified atom stereocenters. The summed E-state index contributed by atoms with van der Waals surface area (Å²) in [5.74, 6) is -1.05. The average molecular weight is 168 g/mol. The topological polar surface area (TPSA) is 57.5 Å². The van der Waals surface area contributed by atoms with Crippen molar-refractivity contribution in [2.45, 2.75) is 25.4 Å². The van der Waals surface area contributed by atoms with Crippen LogP contribution in [0.2, 0.25) is 0 Å². The van der Waals surface area contributed by atoms with Crippen molar-refractivity contribution in [1.82, 2.24) is 0 Å². The van der Waals surface area contributed by atoms with Gasteiger partial charge in [0.25, 0.3) is 0 Å². The summed E-state index contributed by atoms with van der Waals surface area (Å²) in [6, 6.07) is 0. The molecule has 0 saturated carbocycles. The van der Waals surface area contributed by atoms with Gasteiger partial charge in [-0.05, 0) is 24.8 Å². The number of carboxylic acid groups (broad SMARTS) is 1. The van der Waals surface area contributed by atoms with Crippen molar-refractivity contribution >= 4 is 5.97 Å². The number of hydrogen-bond donors (Lipinski definition) is 2. The number of hydrogen-bond acceptors (Lipinski definition) is 2. The highest BCUT2D eigenvalue weighted by molar-refractivity contribution is 5.91. The summed E-state index contributed by atoms with van der Waals surface area (Å²) >= 11 is 0. The summed E-state index contributed by atoms with van der Waals surface area (Å²) < 4.78 is 0. The van der Waals surface area contributed by atoms with E-state index in [9.17, 15) is 9.90 Å². The van der Waals surface area contributed by atoms with E-state index in [0.717, 1.165) is 12.8 Å². The normalized spacial score (nSPS) is 23.1. The van der Waals surface area contributed by atoms with Crippen LogP contribution in [-0.2, 0) is 4.79 Å². The molecule has 1 aliphatic rings. The highest BCUT2D eigenvalue weighted by Crippen LogP contribution is 2.23. The fourth-order valence-corrected chi connectivity index (χ4v) is 1.31. The molecule has 0 heterocycles. The van der Waals surface area contributed by atoms with E-state index in [1.165, 1.54) is 0 Å². The Bertz CT molecular complexity index is 240. The summed E-state index contributed by atoms with van der Waals surface area (Å²) in [5.41, 5.74) is 0.496. The Labute approximate surface area is 71.0 Å². The molecule has 0 fully saturated rings. The van der Waals surface area contributed by atoms with Gasteiger partial charge in [0, 0.05) is 0 Å². The first kappa shape index (κ1) is 9.00. The molecule has 0 aromatic heterocycles. The van der Waals surface area contributed by atoms with Crippen LogP contribution in [0.3, 0.4) is 0 Å². The molecular weight excluding hydrogens is 156 g/mol. The van der Waals surface area contributed by atoms with Gasteiger partial charge in [-0.15, -0.1) is 0 Å². The van der Waals surface area contributed by atoms with Gasteiger partial charge in [0.05, 0.1) is 11.7 Å². The van der Waals surface area contributed by atoms with Crippen LogP contribution in [0.1, 0.15) is 19.3 Å². The minimum atomic E-state index is -1.05. The van der Waals surface area contributed by atoms with Crippen LogP contribution in [0, 0.1) is 0 Å². The molecule has 3 heteroatoms. The predicted molar refractivity (Wildman–Crippen MR) is 44.7 cm³/mol. The van der Waals surface area contributed by atoms with Crippen molar-refractivity contribution < 1.29 is 15.0 Å². The SMILES string of the molecule is C=C(C(=O)O)C1=CCCCC1O. The lowest BCUT2D eigenvalue weighted by Gasteiger charge is -2.18. The number of carboxylic acids is 1. The zero-order valence-corrected chi connectivity index (χ0v) is 6.79. The van der Waals surface area contributed by atoms with Crippen LogP contribution < -0.4 is 0 Å². The van der Waals surface area contributed by atoms with E-state index in [0.29, 0.717) is 12.0 Å². The summed E-state index contributed by atoms with van der Waals surface area (Å²) in [7, 11) is 0. The van der Waals surface area contributed by atoms with Gasteiger partial charge < -0.3 is 10.2 Å². The molecule has 3 nitrogen and oxygen atoms in total. The van der Waals surface area contributed by atoms with E-state index >= 15 is 0 Å². The van der Waals surface area contributed by atoms with E-state index in [4.69, 9.17) is 5.11 Å². The third-order valence-electron chi connectivity index (χ3n) is 2.01. The van der Waals surface area contributed by atoms with Crippen molar-refractivity contribution in [3.63, 3.8) is 0 Å². The van der Waals surface area contributed by atoms with Gasteiger partial charge in [-0.3, -0.25) is 0 Å². The number of carbonyl (C=O) groups is 1. The Morgan fingerprint density at radius 2 is 2.33 bits per heavy atom. The number of allylic oxidation sites excluding steroid dienone is 1. The number of aliphatic hydroxyl groups is 1. The summed E-state index contributed by atoms with van der Waals surface area (Å²) in [6.07, 6.45) is 3.50. The van der Waals surface area contributed by atoms with Crippen LogP contribution >= 0.6 is 0 Å². The molecule has 1 atom stereocenters. The lowest BCUT2D eigenvalue weighted by atomic mass is 9.92. The van der Waals surface area contributed by atoms with Crippen molar-refractivity contribution in [2.24, 2.45) is 0 Å². The average Bonchev–Trinajstić information content (AvgIpc) is 2.04. The smallest absolute Gasteiger partial charge is 0.335 e. The van der Waals surface area contributed by atoms with Gasteiger partial charge in [-0.1, -0.05) is 12.7 Å². The van der Waals surface area contributed by atoms with Gasteiger partial charge in [-0.2, -0.15) is 0 Å². The Morgan fingerprint density at radius 1 is 1.67 bits per heavy atom. The van der Waals surface area contributed by atoms with E-state index in [1.54, 1.807) is 6.08 Å². The molecular formula is C9H12O3. The van der Waals surface area contributed by atoms with Crippen molar-refractivity contribution in [3.8, 4) is 0 Å². The predicted octanol–water partition coefficient (Wildman–Crippen LogP) is 1.10. The molecule has 0 aliphatic heterocycles. The van der Waals surface area contributed by atoms with Crippen LogP contribution in [0.15, 0.2) is 23.8 Å². The largest absolute Gasteiger partial charge is 0.478 e. The monoisotopic (exact) mass is 168 g/mol. The summed E-state index contributed by atoms with van der Waals surface area (Å²) in [4.78, 5) is 10.5. The van der Waals surface area contributed by atoms with E-state index in [2.05, 4.69) is 6.58 Å². The summed E-state index contributed by atoms with van der Waals surface area (Å²) in [6.45, 7) is 3.40. The maximum absolute atomic E-state index is 10.5. The van der Waals surface area contributed by atoms with Crippen molar-refractivity contribution in [3.05, 3.63) is 23.8 Å². The fourth-order valence-electron chi connectivity index (χ4n) is 1.31. The molecule has 0 spiro atoms.